The molecule has 6 aromatic carbocycles. The predicted molar refractivity (Wildman–Crippen MR) is 177 cm³/mol. The lowest BCUT2D eigenvalue weighted by atomic mass is 10.1. The number of aromatic nitrogens is 2. The Kier molecular flexibility index (Phi) is 5.00. The van der Waals surface area contributed by atoms with Crippen LogP contribution < -0.4 is 0 Å². The minimum absolute atomic E-state index is 0.573. The predicted octanol–water partition coefficient (Wildman–Crippen LogP) is 9.40. The second-order valence-electron chi connectivity index (χ2n) is 11.2. The van der Waals surface area contributed by atoms with Crippen molar-refractivity contribution >= 4 is 65.6 Å². The molecular formula is C39H19N5O. The standard InChI is InChI=1S/C39H19N5O/c40-20-23-8-12-34-30(16-23)31-17-24(21-41)9-13-35(31)43(34)26-4-3-5-27(19-26)44-33-7-2-1-6-29(33)38-36(44)14-11-28-32-18-25(22-42)10-15-37(32)45-39(28)38/h1-19H. The van der Waals surface area contributed by atoms with E-state index in [0.29, 0.717) is 16.7 Å². The van der Waals surface area contributed by atoms with Gasteiger partial charge in [0, 0.05) is 38.3 Å². The summed E-state index contributed by atoms with van der Waals surface area (Å²) in [5.41, 5.74) is 9.22. The highest BCUT2D eigenvalue weighted by Gasteiger charge is 2.20. The summed E-state index contributed by atoms with van der Waals surface area (Å²) in [7, 11) is 0. The fourth-order valence-electron chi connectivity index (χ4n) is 6.85. The van der Waals surface area contributed by atoms with Gasteiger partial charge in [-0.25, -0.2) is 0 Å². The highest BCUT2D eigenvalue weighted by molar-refractivity contribution is 6.24. The Morgan fingerprint density at radius 2 is 1.00 bits per heavy atom. The van der Waals surface area contributed by atoms with Gasteiger partial charge in [-0.15, -0.1) is 0 Å². The third-order valence-electron chi connectivity index (χ3n) is 8.77. The molecule has 0 N–H and O–H groups in total. The fourth-order valence-corrected chi connectivity index (χ4v) is 6.85. The van der Waals surface area contributed by atoms with Crippen molar-refractivity contribution in [3.63, 3.8) is 0 Å². The maximum absolute atomic E-state index is 9.61. The number of benzene rings is 6. The van der Waals surface area contributed by atoms with Crippen LogP contribution in [0.3, 0.4) is 0 Å². The molecule has 9 aromatic rings. The van der Waals surface area contributed by atoms with Crippen molar-refractivity contribution in [1.29, 1.82) is 15.8 Å². The number of para-hydroxylation sites is 1. The van der Waals surface area contributed by atoms with Crippen LogP contribution >= 0.6 is 0 Å². The second kappa shape index (κ2) is 9.09. The molecule has 0 radical (unpaired) electrons. The number of hydrogen-bond acceptors (Lipinski definition) is 4. The topological polar surface area (TPSA) is 94.4 Å². The molecule has 6 nitrogen and oxygen atoms in total. The zero-order chi connectivity index (χ0) is 30.2. The summed E-state index contributed by atoms with van der Waals surface area (Å²) in [6, 6.07) is 44.6. The molecule has 0 aliphatic rings. The van der Waals surface area contributed by atoms with Crippen molar-refractivity contribution in [2.75, 3.05) is 0 Å². The molecule has 0 saturated carbocycles. The van der Waals surface area contributed by atoms with E-state index < -0.39 is 0 Å². The summed E-state index contributed by atoms with van der Waals surface area (Å²) in [4.78, 5) is 0. The summed E-state index contributed by atoms with van der Waals surface area (Å²) < 4.78 is 10.9. The van der Waals surface area contributed by atoms with E-state index in [1.807, 2.05) is 60.7 Å². The average Bonchev–Trinajstić information content (AvgIpc) is 3.74. The summed E-state index contributed by atoms with van der Waals surface area (Å²) in [6.45, 7) is 0. The van der Waals surface area contributed by atoms with Gasteiger partial charge in [0.05, 0.1) is 62.4 Å². The first-order chi connectivity index (χ1) is 22.2. The Hall–Kier alpha value is -6.81. The maximum atomic E-state index is 9.61. The van der Waals surface area contributed by atoms with Crippen molar-refractivity contribution in [3.8, 4) is 29.6 Å². The van der Waals surface area contributed by atoms with Crippen LogP contribution in [0, 0.1) is 34.0 Å². The zero-order valence-electron chi connectivity index (χ0n) is 23.6. The zero-order valence-corrected chi connectivity index (χ0v) is 23.6. The Labute approximate surface area is 256 Å². The molecule has 9 rings (SSSR count). The molecule has 0 bridgehead atoms. The van der Waals surface area contributed by atoms with E-state index in [0.717, 1.165) is 76.9 Å². The van der Waals surface area contributed by atoms with E-state index in [1.165, 1.54) is 0 Å². The van der Waals surface area contributed by atoms with Crippen LogP contribution in [-0.4, -0.2) is 9.13 Å². The van der Waals surface area contributed by atoms with Gasteiger partial charge >= 0.3 is 0 Å². The Morgan fingerprint density at radius 1 is 0.444 bits per heavy atom. The van der Waals surface area contributed by atoms with Crippen molar-refractivity contribution < 1.29 is 4.42 Å². The molecule has 0 fully saturated rings. The van der Waals surface area contributed by atoms with Crippen molar-refractivity contribution in [1.82, 2.24) is 9.13 Å². The van der Waals surface area contributed by atoms with Crippen molar-refractivity contribution in [3.05, 3.63) is 132 Å². The summed E-state index contributed by atoms with van der Waals surface area (Å²) >= 11 is 0. The monoisotopic (exact) mass is 573 g/mol. The van der Waals surface area contributed by atoms with E-state index in [2.05, 4.69) is 75.9 Å². The van der Waals surface area contributed by atoms with E-state index in [-0.39, 0.29) is 0 Å². The number of rotatable bonds is 2. The van der Waals surface area contributed by atoms with Gasteiger partial charge < -0.3 is 13.6 Å². The lowest BCUT2D eigenvalue weighted by Gasteiger charge is -2.13. The summed E-state index contributed by atoms with van der Waals surface area (Å²) in [6.07, 6.45) is 0. The molecule has 0 amide bonds. The van der Waals surface area contributed by atoms with Crippen LogP contribution in [0.1, 0.15) is 16.7 Å². The highest BCUT2D eigenvalue weighted by atomic mass is 16.3. The molecule has 3 aromatic heterocycles. The molecule has 0 atom stereocenters. The van der Waals surface area contributed by atoms with E-state index in [1.54, 1.807) is 6.07 Å². The number of fused-ring (bicyclic) bond motifs is 10. The molecule has 45 heavy (non-hydrogen) atoms. The number of hydrogen-bond donors (Lipinski definition) is 0. The van der Waals surface area contributed by atoms with Crippen molar-refractivity contribution in [2.24, 2.45) is 0 Å². The Morgan fingerprint density at radius 3 is 1.67 bits per heavy atom. The molecule has 0 unspecified atom stereocenters. The van der Waals surface area contributed by atoms with Crippen LogP contribution in [0.25, 0.3) is 76.9 Å². The SMILES string of the molecule is N#Cc1ccc2oc3c(ccc4c3c3ccccc3n4-c3cccc(-n4c5ccc(C#N)cc5c5cc(C#N)ccc54)c3)c2c1. The highest BCUT2D eigenvalue weighted by Crippen LogP contribution is 2.41. The summed E-state index contributed by atoms with van der Waals surface area (Å²) in [5, 5.41) is 34.6. The van der Waals surface area contributed by atoms with Gasteiger partial charge in [0.25, 0.3) is 0 Å². The molecular weight excluding hydrogens is 554 g/mol. The summed E-state index contributed by atoms with van der Waals surface area (Å²) in [5.74, 6) is 0. The first kappa shape index (κ1) is 24.8. The van der Waals surface area contributed by atoms with Crippen LogP contribution in [0.15, 0.2) is 120 Å². The average molecular weight is 574 g/mol. The van der Waals surface area contributed by atoms with Crippen LogP contribution in [0.2, 0.25) is 0 Å². The minimum atomic E-state index is 0.573. The van der Waals surface area contributed by atoms with E-state index >= 15 is 0 Å². The number of furan rings is 1. The number of nitriles is 3. The van der Waals surface area contributed by atoms with Gasteiger partial charge in [-0.05, 0) is 91.0 Å². The first-order valence-electron chi connectivity index (χ1n) is 14.4. The maximum Gasteiger partial charge on any atom is 0.145 e. The third kappa shape index (κ3) is 3.41. The minimum Gasteiger partial charge on any atom is -0.455 e. The van der Waals surface area contributed by atoms with Crippen LogP contribution in [0.4, 0.5) is 0 Å². The third-order valence-corrected chi connectivity index (χ3v) is 8.77. The normalized spacial score (nSPS) is 11.5. The quantitative estimate of drug-likeness (QED) is 0.206. The van der Waals surface area contributed by atoms with Crippen LogP contribution in [0.5, 0.6) is 0 Å². The van der Waals surface area contributed by atoms with Crippen LogP contribution in [-0.2, 0) is 0 Å². The molecule has 0 spiro atoms. The molecule has 206 valence electrons. The lowest BCUT2D eigenvalue weighted by Crippen LogP contribution is -1.98. The van der Waals surface area contributed by atoms with Gasteiger partial charge in [0.15, 0.2) is 0 Å². The smallest absolute Gasteiger partial charge is 0.145 e. The van der Waals surface area contributed by atoms with Gasteiger partial charge in [-0.3, -0.25) is 0 Å². The molecule has 6 heteroatoms. The Bertz CT molecular complexity index is 2790. The number of nitrogens with zero attached hydrogens (tertiary/aromatic N) is 5. The van der Waals surface area contributed by atoms with Gasteiger partial charge in [0.1, 0.15) is 11.2 Å². The van der Waals surface area contributed by atoms with E-state index in [9.17, 15) is 15.8 Å². The van der Waals surface area contributed by atoms with Gasteiger partial charge in [-0.2, -0.15) is 15.8 Å². The largest absolute Gasteiger partial charge is 0.455 e. The first-order valence-corrected chi connectivity index (χ1v) is 14.4. The molecule has 0 aliphatic heterocycles. The van der Waals surface area contributed by atoms with Gasteiger partial charge in [-0.1, -0.05) is 24.3 Å². The molecule has 3 heterocycles. The fraction of sp³-hybridized carbons (Fsp3) is 0. The van der Waals surface area contributed by atoms with E-state index in [4.69, 9.17) is 4.42 Å². The lowest BCUT2D eigenvalue weighted by molar-refractivity contribution is 0.673. The van der Waals surface area contributed by atoms with Gasteiger partial charge in [0.2, 0.25) is 0 Å². The van der Waals surface area contributed by atoms with Crippen molar-refractivity contribution in [2.45, 2.75) is 0 Å². The Balaban J connectivity index is 1.33. The molecule has 0 aliphatic carbocycles. The molecule has 0 saturated heterocycles. The second-order valence-corrected chi connectivity index (χ2v) is 11.2.